The number of ether oxygens (including phenoxy) is 1. The van der Waals surface area contributed by atoms with E-state index in [2.05, 4.69) is 10.6 Å². The van der Waals surface area contributed by atoms with E-state index in [0.717, 1.165) is 6.42 Å². The third-order valence-corrected chi connectivity index (χ3v) is 5.98. The van der Waals surface area contributed by atoms with Gasteiger partial charge in [0.2, 0.25) is 0 Å². The van der Waals surface area contributed by atoms with Crippen molar-refractivity contribution in [1.82, 2.24) is 10.6 Å². The predicted molar refractivity (Wildman–Crippen MR) is 91.3 cm³/mol. The van der Waals surface area contributed by atoms with E-state index >= 15 is 0 Å². The molecule has 0 rings (SSSR count). The summed E-state index contributed by atoms with van der Waals surface area (Å²) in [5.74, 6) is 0. The lowest BCUT2D eigenvalue weighted by Crippen LogP contribution is -2.46. The highest BCUT2D eigenvalue weighted by Crippen LogP contribution is 2.17. The van der Waals surface area contributed by atoms with Gasteiger partial charge in [-0.25, -0.2) is 4.79 Å². The van der Waals surface area contributed by atoms with Crippen molar-refractivity contribution < 1.29 is 22.8 Å². The quantitative estimate of drug-likeness (QED) is 0.296. The van der Waals surface area contributed by atoms with Gasteiger partial charge in [-0.15, -0.1) is 0 Å². The number of carbonyl (C=O) groups excluding carboxylic acids is 1. The summed E-state index contributed by atoms with van der Waals surface area (Å²) >= 11 is 0. The number of rotatable bonds is 15. The molecule has 0 bridgehead atoms. The Morgan fingerprint density at radius 2 is 1.52 bits per heavy atom. The van der Waals surface area contributed by atoms with Crippen LogP contribution in [0.15, 0.2) is 0 Å². The molecule has 4 N–H and O–H groups in total. The Hall–Kier alpha value is -0.713. The minimum atomic E-state index is -2.61. The van der Waals surface area contributed by atoms with Crippen LogP contribution in [0.5, 0.6) is 0 Å². The van der Waals surface area contributed by atoms with Crippen LogP contribution in [0, 0.1) is 0 Å². The van der Waals surface area contributed by atoms with Gasteiger partial charge in [0.25, 0.3) is 0 Å². The Morgan fingerprint density at radius 1 is 0.957 bits per heavy atom. The van der Waals surface area contributed by atoms with Crippen molar-refractivity contribution in [2.45, 2.75) is 33.2 Å². The minimum absolute atomic E-state index is 0.210. The second kappa shape index (κ2) is 14.9. The van der Waals surface area contributed by atoms with Crippen LogP contribution in [-0.4, -0.2) is 67.5 Å². The first-order valence-corrected chi connectivity index (χ1v) is 10.3. The molecule has 0 aliphatic heterocycles. The number of hydrogen-bond donors (Lipinski definition) is 3. The van der Waals surface area contributed by atoms with Crippen molar-refractivity contribution in [3.63, 3.8) is 0 Å². The van der Waals surface area contributed by atoms with E-state index in [0.29, 0.717) is 58.7 Å². The van der Waals surface area contributed by atoms with Crippen molar-refractivity contribution in [3.05, 3.63) is 0 Å². The summed E-state index contributed by atoms with van der Waals surface area (Å²) in [6, 6.07) is 0.473. The Kier molecular flexibility index (Phi) is 14.4. The fraction of sp³-hybridized carbons (Fsp3) is 0.929. The minimum Gasteiger partial charge on any atom is -0.378 e. The first-order valence-electron chi connectivity index (χ1n) is 8.35. The number of hydrogen-bond acceptors (Lipinski definition) is 6. The maximum atomic E-state index is 11.6. The van der Waals surface area contributed by atoms with Crippen molar-refractivity contribution >= 4 is 14.8 Å². The topological polar surface area (TPSA) is 104 Å². The van der Waals surface area contributed by atoms with Crippen molar-refractivity contribution in [3.8, 4) is 0 Å². The van der Waals surface area contributed by atoms with Crippen LogP contribution in [0.4, 0.5) is 4.79 Å². The SMILES string of the molecule is CCO[Si](CCCNC(=O)NCCOCCN)(OCC)OCC. The molecule has 0 saturated carbocycles. The van der Waals surface area contributed by atoms with Gasteiger partial charge in [-0.3, -0.25) is 0 Å². The Morgan fingerprint density at radius 3 is 2.04 bits per heavy atom. The van der Waals surface area contributed by atoms with E-state index in [9.17, 15) is 4.79 Å². The van der Waals surface area contributed by atoms with Crippen LogP contribution in [0.25, 0.3) is 0 Å². The molecule has 23 heavy (non-hydrogen) atoms. The summed E-state index contributed by atoms with van der Waals surface area (Å²) in [6.07, 6.45) is 0.739. The summed E-state index contributed by atoms with van der Waals surface area (Å²) in [7, 11) is -2.61. The lowest BCUT2D eigenvalue weighted by atomic mass is 10.5. The normalized spacial score (nSPS) is 11.5. The Bertz CT molecular complexity index is 281. The van der Waals surface area contributed by atoms with Crippen molar-refractivity contribution in [2.75, 3.05) is 52.7 Å². The van der Waals surface area contributed by atoms with Gasteiger partial charge >= 0.3 is 14.8 Å². The van der Waals surface area contributed by atoms with Crippen LogP contribution in [-0.2, 0) is 18.0 Å². The van der Waals surface area contributed by atoms with Crippen molar-refractivity contribution in [1.29, 1.82) is 0 Å². The maximum absolute atomic E-state index is 11.6. The number of nitrogens with one attached hydrogen (secondary N) is 2. The maximum Gasteiger partial charge on any atom is 0.500 e. The lowest BCUT2D eigenvalue weighted by Gasteiger charge is -2.28. The zero-order valence-corrected chi connectivity index (χ0v) is 15.7. The smallest absolute Gasteiger partial charge is 0.378 e. The molecule has 9 heteroatoms. The van der Waals surface area contributed by atoms with Crippen LogP contribution >= 0.6 is 0 Å². The van der Waals surface area contributed by atoms with E-state index in [1.165, 1.54) is 0 Å². The number of urea groups is 1. The molecule has 0 aliphatic rings. The molecule has 0 atom stereocenters. The summed E-state index contributed by atoms with van der Waals surface area (Å²) in [4.78, 5) is 11.6. The molecule has 0 aromatic carbocycles. The fourth-order valence-electron chi connectivity index (χ4n) is 1.99. The van der Waals surface area contributed by atoms with Gasteiger partial charge in [0, 0.05) is 45.5 Å². The van der Waals surface area contributed by atoms with E-state index in [-0.39, 0.29) is 6.03 Å². The second-order valence-electron chi connectivity index (χ2n) is 4.67. The zero-order chi connectivity index (χ0) is 17.4. The average molecular weight is 352 g/mol. The van der Waals surface area contributed by atoms with Gasteiger partial charge < -0.3 is 34.4 Å². The molecule has 0 aromatic rings. The Balaban J connectivity index is 3.93. The third-order valence-electron chi connectivity index (χ3n) is 2.83. The van der Waals surface area contributed by atoms with Crippen LogP contribution < -0.4 is 16.4 Å². The van der Waals surface area contributed by atoms with Gasteiger partial charge in [0.1, 0.15) is 0 Å². The predicted octanol–water partition coefficient (Wildman–Crippen LogP) is 0.699. The van der Waals surface area contributed by atoms with Crippen LogP contribution in [0.2, 0.25) is 6.04 Å². The molecule has 0 aromatic heterocycles. The fourth-order valence-corrected chi connectivity index (χ4v) is 4.60. The molecule has 2 amide bonds. The molecule has 0 heterocycles. The molecule has 0 fully saturated rings. The summed E-state index contributed by atoms with van der Waals surface area (Å²) in [6.45, 7) is 9.90. The number of carbonyl (C=O) groups is 1. The molecule has 0 radical (unpaired) electrons. The molecular formula is C14H33N3O5Si. The highest BCUT2D eigenvalue weighted by Gasteiger charge is 2.39. The van der Waals surface area contributed by atoms with E-state index in [1.54, 1.807) is 0 Å². The summed E-state index contributed by atoms with van der Waals surface area (Å²) in [5.41, 5.74) is 5.30. The zero-order valence-electron chi connectivity index (χ0n) is 14.7. The van der Waals surface area contributed by atoms with Gasteiger partial charge in [0.15, 0.2) is 0 Å². The van der Waals surface area contributed by atoms with E-state index < -0.39 is 8.80 Å². The van der Waals surface area contributed by atoms with Crippen LogP contribution in [0.1, 0.15) is 27.2 Å². The molecule has 0 spiro atoms. The highest BCUT2D eigenvalue weighted by atomic mass is 28.4. The summed E-state index contributed by atoms with van der Waals surface area (Å²) < 4.78 is 22.5. The molecule has 0 saturated heterocycles. The molecule has 0 aliphatic carbocycles. The van der Waals surface area contributed by atoms with Crippen LogP contribution in [0.3, 0.4) is 0 Å². The molecule has 138 valence electrons. The monoisotopic (exact) mass is 351 g/mol. The Labute approximate surface area is 140 Å². The van der Waals surface area contributed by atoms with Gasteiger partial charge in [-0.2, -0.15) is 0 Å². The standard InChI is InChI=1S/C14H33N3O5Si/c1-4-20-23(21-5-2,22-6-3)13-7-9-16-14(18)17-10-12-19-11-8-15/h4-13,15H2,1-3H3,(H2,16,17,18). The second-order valence-corrected chi connectivity index (χ2v) is 7.40. The van der Waals surface area contributed by atoms with Crippen molar-refractivity contribution in [2.24, 2.45) is 5.73 Å². The summed E-state index contributed by atoms with van der Waals surface area (Å²) in [5, 5.41) is 5.51. The lowest BCUT2D eigenvalue weighted by molar-refractivity contribution is 0.0708. The van der Waals surface area contributed by atoms with Gasteiger partial charge in [-0.1, -0.05) is 0 Å². The van der Waals surface area contributed by atoms with E-state index in [1.807, 2.05) is 20.8 Å². The third kappa shape index (κ3) is 11.5. The molecule has 0 unspecified atom stereocenters. The number of amides is 2. The van der Waals surface area contributed by atoms with E-state index in [4.69, 9.17) is 23.7 Å². The number of nitrogens with two attached hydrogens (primary N) is 1. The van der Waals surface area contributed by atoms with Gasteiger partial charge in [0.05, 0.1) is 13.2 Å². The van der Waals surface area contributed by atoms with Gasteiger partial charge in [-0.05, 0) is 27.2 Å². The highest BCUT2D eigenvalue weighted by molar-refractivity contribution is 6.60. The first kappa shape index (κ1) is 22.3. The largest absolute Gasteiger partial charge is 0.500 e. The average Bonchev–Trinajstić information content (AvgIpc) is 2.52. The molecule has 8 nitrogen and oxygen atoms in total. The first-order chi connectivity index (χ1) is 11.1. The molecular weight excluding hydrogens is 318 g/mol.